The molecule has 4 rings (SSSR count). The highest BCUT2D eigenvalue weighted by molar-refractivity contribution is 5.80. The lowest BCUT2D eigenvalue weighted by Gasteiger charge is -2.37. The van der Waals surface area contributed by atoms with Crippen molar-refractivity contribution >= 4 is 11.6 Å². The number of hydrogen-bond donors (Lipinski definition) is 1. The van der Waals surface area contributed by atoms with Crippen LogP contribution in [-0.2, 0) is 19.5 Å². The number of anilines is 1. The maximum absolute atomic E-state index is 5.34. The van der Waals surface area contributed by atoms with E-state index in [1.54, 1.807) is 7.11 Å². The summed E-state index contributed by atoms with van der Waals surface area (Å²) < 4.78 is 7.57. The highest BCUT2D eigenvalue weighted by atomic mass is 16.5. The quantitative estimate of drug-likeness (QED) is 0.644. The fraction of sp³-hybridized carbons (Fsp3) is 0.526. The molecule has 2 aromatic rings. The molecule has 1 saturated heterocycles. The summed E-state index contributed by atoms with van der Waals surface area (Å²) in [5.41, 5.74) is 1.20. The van der Waals surface area contributed by atoms with Gasteiger partial charge < -0.3 is 24.4 Å². The van der Waals surface area contributed by atoms with Gasteiger partial charge in [0.05, 0.1) is 13.7 Å². The van der Waals surface area contributed by atoms with Crippen LogP contribution in [0.5, 0.6) is 5.75 Å². The Balaban J connectivity index is 1.33. The molecule has 3 heterocycles. The predicted octanol–water partition coefficient (Wildman–Crippen LogP) is 1.13. The van der Waals surface area contributed by atoms with E-state index in [1.807, 2.05) is 19.2 Å². The molecule has 0 unspecified atom stereocenters. The van der Waals surface area contributed by atoms with Gasteiger partial charge in [-0.2, -0.15) is 0 Å². The highest BCUT2D eigenvalue weighted by Crippen LogP contribution is 2.22. The molecule has 1 N–H and O–H groups in total. The first-order chi connectivity index (χ1) is 13.3. The van der Waals surface area contributed by atoms with Crippen LogP contribution in [0.4, 0.5) is 5.69 Å². The number of guanidine groups is 1. The zero-order valence-corrected chi connectivity index (χ0v) is 16.1. The van der Waals surface area contributed by atoms with Gasteiger partial charge in [0.25, 0.3) is 0 Å². The van der Waals surface area contributed by atoms with E-state index in [0.29, 0.717) is 6.54 Å². The zero-order chi connectivity index (χ0) is 18.6. The Kier molecular flexibility index (Phi) is 5.13. The summed E-state index contributed by atoms with van der Waals surface area (Å²) in [5.74, 6) is 3.93. The average molecular weight is 369 g/mol. The van der Waals surface area contributed by atoms with Crippen LogP contribution < -0.4 is 15.0 Å². The molecule has 0 amide bonds. The minimum atomic E-state index is 0.662. The van der Waals surface area contributed by atoms with Gasteiger partial charge >= 0.3 is 0 Å². The predicted molar refractivity (Wildman–Crippen MR) is 105 cm³/mol. The van der Waals surface area contributed by atoms with Gasteiger partial charge in [0.1, 0.15) is 11.6 Å². The van der Waals surface area contributed by atoms with Crippen molar-refractivity contribution in [1.29, 1.82) is 0 Å². The van der Waals surface area contributed by atoms with E-state index in [1.165, 1.54) is 12.1 Å². The van der Waals surface area contributed by atoms with E-state index in [2.05, 4.69) is 47.0 Å². The van der Waals surface area contributed by atoms with E-state index in [0.717, 1.165) is 62.5 Å². The molecule has 0 radical (unpaired) electrons. The van der Waals surface area contributed by atoms with Crippen LogP contribution in [0.3, 0.4) is 0 Å². The third-order valence-electron chi connectivity index (χ3n) is 5.30. The van der Waals surface area contributed by atoms with Gasteiger partial charge in [-0.05, 0) is 18.6 Å². The molecule has 0 bridgehead atoms. The standard InChI is InChI=1S/C19H27N7O/c1-20-19(21-14-18-23-22-17-7-4-8-26(17)18)25-11-9-24(10-12-25)15-5-3-6-16(13-15)27-2/h3,5-6,13H,4,7-12,14H2,1-2H3,(H,20,21). The van der Waals surface area contributed by atoms with Crippen LogP contribution in [0.25, 0.3) is 0 Å². The molecule has 27 heavy (non-hydrogen) atoms. The van der Waals surface area contributed by atoms with Crippen molar-refractivity contribution in [2.45, 2.75) is 25.9 Å². The maximum atomic E-state index is 5.34. The third-order valence-corrected chi connectivity index (χ3v) is 5.30. The molecule has 0 aliphatic carbocycles. The van der Waals surface area contributed by atoms with Crippen molar-refractivity contribution in [1.82, 2.24) is 25.0 Å². The fourth-order valence-electron chi connectivity index (χ4n) is 3.82. The van der Waals surface area contributed by atoms with Crippen LogP contribution in [0, 0.1) is 0 Å². The number of piperazine rings is 1. The van der Waals surface area contributed by atoms with Gasteiger partial charge in [0.15, 0.2) is 11.8 Å². The Morgan fingerprint density at radius 1 is 1.19 bits per heavy atom. The number of hydrogen-bond acceptors (Lipinski definition) is 5. The SMILES string of the molecule is CN=C(NCc1nnc2n1CCC2)N1CCN(c2cccc(OC)c2)CC1. The second-order valence-electron chi connectivity index (χ2n) is 6.86. The Hall–Kier alpha value is -2.77. The second-order valence-corrected chi connectivity index (χ2v) is 6.86. The Morgan fingerprint density at radius 3 is 2.81 bits per heavy atom. The van der Waals surface area contributed by atoms with Crippen molar-refractivity contribution in [3.05, 3.63) is 35.9 Å². The number of aliphatic imine (C=N–C) groups is 1. The number of aryl methyl sites for hydroxylation is 1. The normalized spacial score (nSPS) is 17.2. The van der Waals surface area contributed by atoms with Crippen LogP contribution in [-0.4, -0.2) is 66.0 Å². The number of methoxy groups -OCH3 is 1. The first kappa shape index (κ1) is 17.6. The molecule has 8 heteroatoms. The first-order valence-corrected chi connectivity index (χ1v) is 9.54. The molecule has 2 aliphatic rings. The molecular formula is C19H27N7O. The molecule has 0 saturated carbocycles. The molecule has 0 spiro atoms. The Morgan fingerprint density at radius 2 is 2.04 bits per heavy atom. The van der Waals surface area contributed by atoms with Gasteiger partial charge in [0, 0.05) is 57.9 Å². The van der Waals surface area contributed by atoms with E-state index < -0.39 is 0 Å². The number of ether oxygens (including phenoxy) is 1. The van der Waals surface area contributed by atoms with Crippen LogP contribution >= 0.6 is 0 Å². The smallest absolute Gasteiger partial charge is 0.194 e. The summed E-state index contributed by atoms with van der Waals surface area (Å²) in [6.45, 7) is 5.44. The monoisotopic (exact) mass is 369 g/mol. The van der Waals surface area contributed by atoms with Gasteiger partial charge in [-0.3, -0.25) is 4.99 Å². The lowest BCUT2D eigenvalue weighted by Crippen LogP contribution is -2.52. The van der Waals surface area contributed by atoms with Crippen molar-refractivity contribution in [3.8, 4) is 5.75 Å². The molecule has 8 nitrogen and oxygen atoms in total. The molecule has 1 fully saturated rings. The van der Waals surface area contributed by atoms with Gasteiger partial charge in [-0.1, -0.05) is 6.07 Å². The minimum absolute atomic E-state index is 0.662. The largest absolute Gasteiger partial charge is 0.497 e. The number of benzene rings is 1. The number of rotatable bonds is 4. The van der Waals surface area contributed by atoms with Gasteiger partial charge in [0.2, 0.25) is 0 Å². The zero-order valence-electron chi connectivity index (χ0n) is 16.1. The second kappa shape index (κ2) is 7.85. The Bertz CT molecular complexity index is 808. The molecule has 1 aromatic heterocycles. The summed E-state index contributed by atoms with van der Waals surface area (Å²) in [4.78, 5) is 9.16. The van der Waals surface area contributed by atoms with Gasteiger partial charge in [-0.25, -0.2) is 0 Å². The molecule has 2 aliphatic heterocycles. The van der Waals surface area contributed by atoms with Crippen molar-refractivity contribution in [2.75, 3.05) is 45.2 Å². The lowest BCUT2D eigenvalue weighted by molar-refractivity contribution is 0.371. The summed E-state index contributed by atoms with van der Waals surface area (Å²) in [6, 6.07) is 8.25. The van der Waals surface area contributed by atoms with E-state index >= 15 is 0 Å². The number of fused-ring (bicyclic) bond motifs is 1. The maximum Gasteiger partial charge on any atom is 0.194 e. The number of aromatic nitrogens is 3. The number of nitrogens with one attached hydrogen (secondary N) is 1. The summed E-state index contributed by atoms with van der Waals surface area (Å²) in [6.07, 6.45) is 2.20. The first-order valence-electron chi connectivity index (χ1n) is 9.54. The topological polar surface area (TPSA) is 70.8 Å². The van der Waals surface area contributed by atoms with E-state index in [4.69, 9.17) is 4.74 Å². The van der Waals surface area contributed by atoms with E-state index in [9.17, 15) is 0 Å². The van der Waals surface area contributed by atoms with Crippen molar-refractivity contribution in [2.24, 2.45) is 4.99 Å². The lowest BCUT2D eigenvalue weighted by atomic mass is 10.2. The number of nitrogens with zero attached hydrogens (tertiary/aromatic N) is 6. The van der Waals surface area contributed by atoms with Crippen LogP contribution in [0.2, 0.25) is 0 Å². The van der Waals surface area contributed by atoms with Crippen LogP contribution in [0.1, 0.15) is 18.1 Å². The summed E-state index contributed by atoms with van der Waals surface area (Å²) in [7, 11) is 3.54. The fourth-order valence-corrected chi connectivity index (χ4v) is 3.82. The average Bonchev–Trinajstić information content (AvgIpc) is 3.33. The van der Waals surface area contributed by atoms with Crippen molar-refractivity contribution in [3.63, 3.8) is 0 Å². The molecular weight excluding hydrogens is 342 g/mol. The molecule has 144 valence electrons. The summed E-state index contributed by atoms with van der Waals surface area (Å²) in [5, 5.41) is 12.0. The Labute approximate surface area is 159 Å². The van der Waals surface area contributed by atoms with Crippen molar-refractivity contribution < 1.29 is 4.74 Å². The van der Waals surface area contributed by atoms with Crippen LogP contribution in [0.15, 0.2) is 29.3 Å². The van der Waals surface area contributed by atoms with Gasteiger partial charge in [-0.15, -0.1) is 10.2 Å². The molecule has 0 atom stereocenters. The molecule has 1 aromatic carbocycles. The van der Waals surface area contributed by atoms with E-state index in [-0.39, 0.29) is 0 Å². The summed E-state index contributed by atoms with van der Waals surface area (Å²) >= 11 is 0. The minimum Gasteiger partial charge on any atom is -0.497 e. The third kappa shape index (κ3) is 3.70. The highest BCUT2D eigenvalue weighted by Gasteiger charge is 2.21.